The molecule has 0 aliphatic rings. The number of hydrogen-bond donors (Lipinski definition) is 2. The fourth-order valence-corrected chi connectivity index (χ4v) is 1.52. The number of ether oxygens (including phenoxy) is 1. The van der Waals surface area contributed by atoms with Crippen molar-refractivity contribution in [1.82, 2.24) is 0 Å². The van der Waals surface area contributed by atoms with E-state index in [1.54, 1.807) is 25.1 Å². The van der Waals surface area contributed by atoms with Crippen molar-refractivity contribution in [3.05, 3.63) is 35.9 Å². The van der Waals surface area contributed by atoms with E-state index in [1.807, 2.05) is 12.1 Å². The fraction of sp³-hybridized carbons (Fsp3) is 0.333. The molecule has 0 heterocycles. The van der Waals surface area contributed by atoms with Crippen LogP contribution in [0.5, 0.6) is 0 Å². The van der Waals surface area contributed by atoms with E-state index in [0.29, 0.717) is 26.0 Å². The molecular weight excluding hydrogens is 256 g/mol. The molecule has 0 saturated heterocycles. The number of carbonyl (C=O) groups excluding carboxylic acids is 2. The minimum absolute atomic E-state index is 0.0507. The molecule has 0 bridgehead atoms. The van der Waals surface area contributed by atoms with Crippen molar-refractivity contribution in [2.45, 2.75) is 19.8 Å². The molecule has 1 aromatic rings. The van der Waals surface area contributed by atoms with Gasteiger partial charge in [-0.25, -0.2) is 4.79 Å². The number of carbonyl (C=O) groups is 2. The Kier molecular flexibility index (Phi) is 7.06. The van der Waals surface area contributed by atoms with Crippen LogP contribution in [0.4, 0.5) is 5.69 Å². The zero-order chi connectivity index (χ0) is 14.8. The molecule has 0 atom stereocenters. The second-order valence-electron chi connectivity index (χ2n) is 4.15. The summed E-state index contributed by atoms with van der Waals surface area (Å²) in [6.45, 7) is 2.62. The number of benzene rings is 1. The Morgan fingerprint density at radius 2 is 2.00 bits per heavy atom. The van der Waals surface area contributed by atoms with E-state index in [4.69, 9.17) is 10.5 Å². The smallest absolute Gasteiger partial charge is 0.330 e. The molecule has 0 fully saturated rings. The van der Waals surface area contributed by atoms with E-state index in [1.165, 1.54) is 6.08 Å². The van der Waals surface area contributed by atoms with Gasteiger partial charge in [-0.15, -0.1) is 0 Å². The second kappa shape index (κ2) is 8.87. The lowest BCUT2D eigenvalue weighted by Gasteiger charge is -2.04. The van der Waals surface area contributed by atoms with Crippen molar-refractivity contribution < 1.29 is 14.3 Å². The first-order chi connectivity index (χ1) is 9.65. The van der Waals surface area contributed by atoms with Gasteiger partial charge in [-0.1, -0.05) is 12.1 Å². The first kappa shape index (κ1) is 15.9. The maximum absolute atomic E-state index is 11.5. The molecule has 0 unspecified atom stereocenters. The largest absolute Gasteiger partial charge is 0.463 e. The maximum atomic E-state index is 11.5. The van der Waals surface area contributed by atoms with Crippen molar-refractivity contribution in [2.24, 2.45) is 5.73 Å². The van der Waals surface area contributed by atoms with Gasteiger partial charge in [0.15, 0.2) is 0 Å². The molecule has 5 nitrogen and oxygen atoms in total. The number of anilines is 1. The minimum atomic E-state index is -0.369. The van der Waals surface area contributed by atoms with Gasteiger partial charge in [0.25, 0.3) is 0 Å². The van der Waals surface area contributed by atoms with Crippen LogP contribution in [0, 0.1) is 0 Å². The lowest BCUT2D eigenvalue weighted by Crippen LogP contribution is -2.13. The van der Waals surface area contributed by atoms with Crippen LogP contribution in [0.1, 0.15) is 25.3 Å². The van der Waals surface area contributed by atoms with Crippen LogP contribution in [0.2, 0.25) is 0 Å². The standard InChI is InChI=1S/C15H20N2O3/c1-2-20-15(19)10-7-12-5-8-13(9-6-12)17-14(18)4-3-11-16/h5-10H,2-4,11,16H2,1H3,(H,17,18). The molecule has 0 aromatic heterocycles. The maximum Gasteiger partial charge on any atom is 0.330 e. The molecule has 5 heteroatoms. The zero-order valence-electron chi connectivity index (χ0n) is 11.6. The van der Waals surface area contributed by atoms with Crippen molar-refractivity contribution >= 4 is 23.6 Å². The Labute approximate surface area is 118 Å². The van der Waals surface area contributed by atoms with Crippen molar-refractivity contribution in [1.29, 1.82) is 0 Å². The third-order valence-corrected chi connectivity index (χ3v) is 2.50. The van der Waals surface area contributed by atoms with E-state index in [9.17, 15) is 9.59 Å². The number of esters is 1. The molecule has 0 radical (unpaired) electrons. The van der Waals surface area contributed by atoms with Gasteiger partial charge in [0.05, 0.1) is 6.61 Å². The third kappa shape index (κ3) is 6.15. The van der Waals surface area contributed by atoms with Crippen LogP contribution in [0.3, 0.4) is 0 Å². The van der Waals surface area contributed by atoms with Crippen molar-refractivity contribution in [2.75, 3.05) is 18.5 Å². The molecule has 1 aromatic carbocycles. The van der Waals surface area contributed by atoms with Gasteiger partial charge in [-0.05, 0) is 43.7 Å². The number of hydrogen-bond acceptors (Lipinski definition) is 4. The lowest BCUT2D eigenvalue weighted by atomic mass is 10.2. The van der Waals surface area contributed by atoms with Gasteiger partial charge in [0.2, 0.25) is 5.91 Å². The van der Waals surface area contributed by atoms with E-state index in [0.717, 1.165) is 11.3 Å². The zero-order valence-corrected chi connectivity index (χ0v) is 11.6. The molecule has 0 spiro atoms. The SMILES string of the molecule is CCOC(=O)C=Cc1ccc(NC(=O)CCCN)cc1. The molecule has 3 N–H and O–H groups in total. The van der Waals surface area contributed by atoms with Gasteiger partial charge < -0.3 is 15.8 Å². The van der Waals surface area contributed by atoms with Crippen LogP contribution in [-0.4, -0.2) is 25.0 Å². The Bertz CT molecular complexity index is 467. The Morgan fingerprint density at radius 3 is 2.60 bits per heavy atom. The molecule has 0 saturated carbocycles. The topological polar surface area (TPSA) is 81.4 Å². The average Bonchev–Trinajstić information content (AvgIpc) is 2.45. The van der Waals surface area contributed by atoms with E-state index >= 15 is 0 Å². The van der Waals surface area contributed by atoms with Gasteiger partial charge in [-0.2, -0.15) is 0 Å². The predicted molar refractivity (Wildman–Crippen MR) is 79.0 cm³/mol. The summed E-state index contributed by atoms with van der Waals surface area (Å²) in [5.74, 6) is -0.420. The summed E-state index contributed by atoms with van der Waals surface area (Å²) in [6.07, 6.45) is 4.13. The summed E-state index contributed by atoms with van der Waals surface area (Å²) >= 11 is 0. The average molecular weight is 276 g/mol. The highest BCUT2D eigenvalue weighted by Crippen LogP contribution is 2.11. The molecule has 0 aliphatic carbocycles. The third-order valence-electron chi connectivity index (χ3n) is 2.50. The lowest BCUT2D eigenvalue weighted by molar-refractivity contribution is -0.137. The molecule has 1 rings (SSSR count). The fourth-order valence-electron chi connectivity index (χ4n) is 1.52. The molecule has 0 aliphatic heterocycles. The van der Waals surface area contributed by atoms with E-state index in [2.05, 4.69) is 5.32 Å². The van der Waals surface area contributed by atoms with Crippen molar-refractivity contribution in [3.63, 3.8) is 0 Å². The van der Waals surface area contributed by atoms with E-state index in [-0.39, 0.29) is 11.9 Å². The number of nitrogens with two attached hydrogens (primary N) is 1. The van der Waals surface area contributed by atoms with E-state index < -0.39 is 0 Å². The second-order valence-corrected chi connectivity index (χ2v) is 4.15. The van der Waals surface area contributed by atoms with Gasteiger partial charge >= 0.3 is 5.97 Å². The van der Waals surface area contributed by atoms with Gasteiger partial charge in [-0.3, -0.25) is 4.79 Å². The highest BCUT2D eigenvalue weighted by Gasteiger charge is 2.01. The number of nitrogens with one attached hydrogen (secondary N) is 1. The van der Waals surface area contributed by atoms with Crippen molar-refractivity contribution in [3.8, 4) is 0 Å². The van der Waals surface area contributed by atoms with Gasteiger partial charge in [0.1, 0.15) is 0 Å². The normalized spacial score (nSPS) is 10.5. The molecule has 108 valence electrons. The summed E-state index contributed by atoms with van der Waals surface area (Å²) in [7, 11) is 0. The monoisotopic (exact) mass is 276 g/mol. The highest BCUT2D eigenvalue weighted by atomic mass is 16.5. The van der Waals surface area contributed by atoms with Gasteiger partial charge in [0, 0.05) is 18.2 Å². The summed E-state index contributed by atoms with van der Waals surface area (Å²) in [5, 5.41) is 2.78. The van der Waals surface area contributed by atoms with Crippen LogP contribution in [0.25, 0.3) is 6.08 Å². The van der Waals surface area contributed by atoms with Crippen LogP contribution in [-0.2, 0) is 14.3 Å². The van der Waals surface area contributed by atoms with Crippen LogP contribution < -0.4 is 11.1 Å². The quantitative estimate of drug-likeness (QED) is 0.589. The van der Waals surface area contributed by atoms with Crippen LogP contribution >= 0.6 is 0 Å². The number of amides is 1. The minimum Gasteiger partial charge on any atom is -0.463 e. The summed E-state index contributed by atoms with van der Waals surface area (Å²) in [5.41, 5.74) is 6.93. The summed E-state index contributed by atoms with van der Waals surface area (Å²) in [6, 6.07) is 7.19. The molecule has 20 heavy (non-hydrogen) atoms. The van der Waals surface area contributed by atoms with Crippen LogP contribution in [0.15, 0.2) is 30.3 Å². The Balaban J connectivity index is 2.51. The Morgan fingerprint density at radius 1 is 1.30 bits per heavy atom. The first-order valence-corrected chi connectivity index (χ1v) is 6.60. The number of rotatable bonds is 7. The first-order valence-electron chi connectivity index (χ1n) is 6.60. The summed E-state index contributed by atoms with van der Waals surface area (Å²) < 4.78 is 4.78. The highest BCUT2D eigenvalue weighted by molar-refractivity contribution is 5.91. The molecule has 1 amide bonds. The molecular formula is C15H20N2O3. The Hall–Kier alpha value is -2.14. The predicted octanol–water partition coefficient (Wildman–Crippen LogP) is 1.94. The summed E-state index contributed by atoms with van der Waals surface area (Å²) in [4.78, 5) is 22.7.